The maximum Gasteiger partial charge on any atom is 0.319 e. The maximum absolute atomic E-state index is 13.3. The average Bonchev–Trinajstić information content (AvgIpc) is 2.68. The summed E-state index contributed by atoms with van der Waals surface area (Å²) < 4.78 is 18.9. The van der Waals surface area contributed by atoms with Gasteiger partial charge in [-0.25, -0.2) is 14.2 Å². The van der Waals surface area contributed by atoms with E-state index in [0.717, 1.165) is 0 Å². The van der Waals surface area contributed by atoms with Gasteiger partial charge in [0.25, 0.3) is 0 Å². The van der Waals surface area contributed by atoms with Gasteiger partial charge in [0.1, 0.15) is 17.6 Å². The van der Waals surface area contributed by atoms with Crippen LogP contribution in [0.25, 0.3) is 0 Å². The van der Waals surface area contributed by atoms with E-state index in [1.807, 2.05) is 6.07 Å². The van der Waals surface area contributed by atoms with Gasteiger partial charge in [0.15, 0.2) is 0 Å². The van der Waals surface area contributed by atoms with Crippen molar-refractivity contribution in [1.29, 1.82) is 5.26 Å². The average molecular weight is 362 g/mol. The number of nitriles is 1. The zero-order valence-corrected chi connectivity index (χ0v) is 14.1. The summed E-state index contributed by atoms with van der Waals surface area (Å²) in [5.74, 6) is 0.154. The van der Waals surface area contributed by atoms with Gasteiger partial charge in [0, 0.05) is 24.4 Å². The van der Waals surface area contributed by atoms with Gasteiger partial charge in [-0.05, 0) is 30.3 Å². The van der Waals surface area contributed by atoms with Gasteiger partial charge in [0.2, 0.25) is 5.88 Å². The van der Waals surface area contributed by atoms with Gasteiger partial charge >= 0.3 is 6.03 Å². The van der Waals surface area contributed by atoms with Crippen LogP contribution in [0.2, 0.25) is 0 Å². The van der Waals surface area contributed by atoms with Crippen LogP contribution >= 0.6 is 0 Å². The lowest BCUT2D eigenvalue weighted by Gasteiger charge is -2.12. The molecule has 0 aliphatic rings. The highest BCUT2D eigenvalue weighted by Gasteiger charge is 2.10. The first kappa shape index (κ1) is 17.9. The third kappa shape index (κ3) is 4.80. The lowest BCUT2D eigenvalue weighted by molar-refractivity contribution is 0.251. The van der Waals surface area contributed by atoms with Crippen LogP contribution in [0.5, 0.6) is 11.6 Å². The fourth-order valence-electron chi connectivity index (χ4n) is 2.32. The Balaban J connectivity index is 1.66. The summed E-state index contributed by atoms with van der Waals surface area (Å²) in [5.41, 5.74) is 1.40. The first-order valence-corrected chi connectivity index (χ1v) is 8.07. The van der Waals surface area contributed by atoms with Crippen molar-refractivity contribution in [3.8, 4) is 17.7 Å². The maximum atomic E-state index is 13.3. The smallest absolute Gasteiger partial charge is 0.319 e. The number of carbonyl (C=O) groups is 1. The van der Waals surface area contributed by atoms with E-state index < -0.39 is 11.8 Å². The number of aromatic nitrogens is 1. The highest BCUT2D eigenvalue weighted by Crippen LogP contribution is 2.23. The molecule has 7 heteroatoms. The Bertz CT molecular complexity index is 1000. The molecule has 2 aromatic carbocycles. The van der Waals surface area contributed by atoms with Gasteiger partial charge in [0.05, 0.1) is 11.3 Å². The first-order valence-electron chi connectivity index (χ1n) is 8.07. The Morgan fingerprint density at radius 3 is 2.81 bits per heavy atom. The minimum Gasteiger partial charge on any atom is -0.439 e. The van der Waals surface area contributed by atoms with Crippen molar-refractivity contribution in [2.75, 3.05) is 5.32 Å². The predicted molar refractivity (Wildman–Crippen MR) is 97.7 cm³/mol. The van der Waals surface area contributed by atoms with Crippen LogP contribution in [0.15, 0.2) is 66.9 Å². The van der Waals surface area contributed by atoms with Crippen LogP contribution in [0.4, 0.5) is 14.9 Å². The normalized spacial score (nSPS) is 9.93. The number of ether oxygens (including phenoxy) is 1. The van der Waals surface area contributed by atoms with E-state index in [1.165, 1.54) is 18.2 Å². The quantitative estimate of drug-likeness (QED) is 0.712. The molecule has 0 saturated heterocycles. The van der Waals surface area contributed by atoms with E-state index in [2.05, 4.69) is 15.6 Å². The molecule has 6 nitrogen and oxygen atoms in total. The largest absolute Gasteiger partial charge is 0.439 e. The number of carbonyl (C=O) groups excluding carboxylic acids is 1. The minimum absolute atomic E-state index is 0.138. The molecule has 0 aliphatic carbocycles. The molecule has 0 saturated carbocycles. The van der Waals surface area contributed by atoms with Crippen LogP contribution in [0.1, 0.15) is 11.1 Å². The molecule has 0 bridgehead atoms. The Labute approximate surface area is 155 Å². The molecule has 1 aromatic heterocycles. The highest BCUT2D eigenvalue weighted by molar-refractivity contribution is 5.90. The van der Waals surface area contributed by atoms with E-state index in [9.17, 15) is 9.18 Å². The number of pyridine rings is 1. The van der Waals surface area contributed by atoms with Gasteiger partial charge in [-0.2, -0.15) is 5.26 Å². The summed E-state index contributed by atoms with van der Waals surface area (Å²) in [6, 6.07) is 17.4. The molecule has 1 heterocycles. The Hall–Kier alpha value is -3.92. The van der Waals surface area contributed by atoms with Gasteiger partial charge in [-0.3, -0.25) is 0 Å². The molecule has 27 heavy (non-hydrogen) atoms. The molecule has 134 valence electrons. The molecule has 0 aliphatic heterocycles. The van der Waals surface area contributed by atoms with Crippen molar-refractivity contribution in [1.82, 2.24) is 10.3 Å². The third-order valence-electron chi connectivity index (χ3n) is 3.60. The van der Waals surface area contributed by atoms with E-state index in [1.54, 1.807) is 48.7 Å². The SMILES string of the molecule is N#Cc1ccccc1NC(=O)NCc1cccnc1Oc1cccc(F)c1. The molecule has 0 unspecified atom stereocenters. The van der Waals surface area contributed by atoms with Crippen LogP contribution in [-0.2, 0) is 6.54 Å². The molecule has 0 atom stereocenters. The number of rotatable bonds is 5. The number of halogens is 1. The van der Waals surface area contributed by atoms with E-state index >= 15 is 0 Å². The summed E-state index contributed by atoms with van der Waals surface area (Å²) in [6.45, 7) is 0.138. The lowest BCUT2D eigenvalue weighted by Crippen LogP contribution is -2.28. The number of hydrogen-bond acceptors (Lipinski definition) is 4. The molecule has 0 fully saturated rings. The minimum atomic E-state index is -0.474. The fourth-order valence-corrected chi connectivity index (χ4v) is 2.32. The van der Waals surface area contributed by atoms with Crippen LogP contribution in [-0.4, -0.2) is 11.0 Å². The summed E-state index contributed by atoms with van der Waals surface area (Å²) in [4.78, 5) is 16.3. The number of amides is 2. The van der Waals surface area contributed by atoms with E-state index in [0.29, 0.717) is 22.6 Å². The monoisotopic (exact) mass is 362 g/mol. The number of para-hydroxylation sites is 1. The molecule has 2 N–H and O–H groups in total. The van der Waals surface area contributed by atoms with E-state index in [4.69, 9.17) is 10.00 Å². The number of hydrogen-bond donors (Lipinski definition) is 2. The number of benzene rings is 2. The van der Waals surface area contributed by atoms with Crippen molar-refractivity contribution in [2.45, 2.75) is 6.54 Å². The van der Waals surface area contributed by atoms with Crippen molar-refractivity contribution >= 4 is 11.7 Å². The topological polar surface area (TPSA) is 87.0 Å². The first-order chi connectivity index (χ1) is 13.2. The van der Waals surface area contributed by atoms with Crippen molar-refractivity contribution in [3.63, 3.8) is 0 Å². The second-order valence-corrected chi connectivity index (χ2v) is 5.49. The number of urea groups is 1. The molecule has 3 aromatic rings. The van der Waals surface area contributed by atoms with E-state index in [-0.39, 0.29) is 12.4 Å². The summed E-state index contributed by atoms with van der Waals surface area (Å²) in [5, 5.41) is 14.4. The zero-order valence-electron chi connectivity index (χ0n) is 14.1. The highest BCUT2D eigenvalue weighted by atomic mass is 19.1. The lowest BCUT2D eigenvalue weighted by atomic mass is 10.2. The second-order valence-electron chi connectivity index (χ2n) is 5.49. The van der Waals surface area contributed by atoms with Crippen LogP contribution in [0, 0.1) is 17.1 Å². The van der Waals surface area contributed by atoms with Crippen molar-refractivity contribution < 1.29 is 13.9 Å². The molecule has 0 radical (unpaired) electrons. The Morgan fingerprint density at radius 2 is 2.00 bits per heavy atom. The molecule has 0 spiro atoms. The van der Waals surface area contributed by atoms with Gasteiger partial charge in [-0.1, -0.05) is 24.3 Å². The summed E-state index contributed by atoms with van der Waals surface area (Å²) in [7, 11) is 0. The third-order valence-corrected chi connectivity index (χ3v) is 3.60. The van der Waals surface area contributed by atoms with Gasteiger partial charge < -0.3 is 15.4 Å². The second kappa shape index (κ2) is 8.45. The predicted octanol–water partition coefficient (Wildman–Crippen LogP) is 4.21. The summed E-state index contributed by atoms with van der Waals surface area (Å²) in [6.07, 6.45) is 1.54. The molecular formula is C20H15FN4O2. The number of nitrogens with one attached hydrogen (secondary N) is 2. The number of nitrogens with zero attached hydrogens (tertiary/aromatic N) is 2. The molecular weight excluding hydrogens is 347 g/mol. The number of anilines is 1. The zero-order chi connectivity index (χ0) is 19.1. The van der Waals surface area contributed by atoms with Crippen molar-refractivity contribution in [3.05, 3.63) is 83.8 Å². The van der Waals surface area contributed by atoms with Crippen LogP contribution in [0.3, 0.4) is 0 Å². The molecule has 3 rings (SSSR count). The Kier molecular flexibility index (Phi) is 5.60. The molecule has 2 amide bonds. The van der Waals surface area contributed by atoms with Gasteiger partial charge in [-0.15, -0.1) is 0 Å². The summed E-state index contributed by atoms with van der Waals surface area (Å²) >= 11 is 0. The fraction of sp³-hybridized carbons (Fsp3) is 0.0500. The standard InChI is InChI=1S/C20H15FN4O2/c21-16-7-3-8-17(11-16)27-19-15(6-4-10-23-19)13-24-20(26)25-18-9-2-1-5-14(18)12-22/h1-11H,13H2,(H2,24,25,26). The van der Waals surface area contributed by atoms with Crippen molar-refractivity contribution in [2.24, 2.45) is 0 Å². The Morgan fingerprint density at radius 1 is 1.15 bits per heavy atom. The van der Waals surface area contributed by atoms with Crippen LogP contribution < -0.4 is 15.4 Å².